The first-order valence-corrected chi connectivity index (χ1v) is 7.42. The minimum Gasteiger partial charge on any atom is -0.379 e. The minimum atomic E-state index is -1.05. The Labute approximate surface area is 125 Å². The third-order valence-corrected chi connectivity index (χ3v) is 4.21. The van der Waals surface area contributed by atoms with Crippen LogP contribution in [0, 0.1) is 6.92 Å². The second kappa shape index (κ2) is 5.27. The third-order valence-electron chi connectivity index (χ3n) is 3.55. The highest BCUT2D eigenvalue weighted by atomic mass is 79.9. The molecule has 6 heteroatoms. The molecule has 1 aromatic heterocycles. The lowest BCUT2D eigenvalue weighted by molar-refractivity contribution is -0.0167. The molecule has 20 heavy (non-hydrogen) atoms. The molecule has 3 rings (SSSR count). The highest BCUT2D eigenvalue weighted by Gasteiger charge is 2.37. The van der Waals surface area contributed by atoms with Crippen LogP contribution in [0.3, 0.4) is 0 Å². The molecule has 1 saturated heterocycles. The van der Waals surface area contributed by atoms with Gasteiger partial charge in [0.2, 0.25) is 5.82 Å². The average Bonchev–Trinajstić information content (AvgIpc) is 2.90. The highest BCUT2D eigenvalue weighted by Crippen LogP contribution is 2.31. The van der Waals surface area contributed by atoms with Gasteiger partial charge in [-0.15, -0.1) is 0 Å². The number of aromatic nitrogens is 2. The van der Waals surface area contributed by atoms with Gasteiger partial charge in [-0.05, 0) is 44.0 Å². The summed E-state index contributed by atoms with van der Waals surface area (Å²) in [5, 5.41) is 17.7. The zero-order valence-corrected chi connectivity index (χ0v) is 12.8. The highest BCUT2D eigenvalue weighted by molar-refractivity contribution is 9.10. The molecular formula is C14H16BrN3O2. The molecule has 0 bridgehead atoms. The molecule has 5 nitrogen and oxygen atoms in total. The first-order valence-electron chi connectivity index (χ1n) is 6.62. The molecular weight excluding hydrogens is 322 g/mol. The molecule has 0 aliphatic carbocycles. The maximum atomic E-state index is 10.5. The lowest BCUT2D eigenvalue weighted by Gasteiger charge is -2.28. The Morgan fingerprint density at radius 2 is 2.30 bits per heavy atom. The predicted molar refractivity (Wildman–Crippen MR) is 78.2 cm³/mol. The molecule has 1 atom stereocenters. The van der Waals surface area contributed by atoms with Gasteiger partial charge in [-0.3, -0.25) is 0 Å². The van der Waals surface area contributed by atoms with Crippen LogP contribution in [0.4, 0.5) is 0 Å². The van der Waals surface area contributed by atoms with Gasteiger partial charge in [0.25, 0.3) is 5.89 Å². The Bertz CT molecular complexity index is 621. The number of aliphatic hydroxyl groups is 1. The van der Waals surface area contributed by atoms with Gasteiger partial charge >= 0.3 is 0 Å². The zero-order chi connectivity index (χ0) is 14.2. The van der Waals surface area contributed by atoms with Gasteiger partial charge in [0.1, 0.15) is 0 Å². The van der Waals surface area contributed by atoms with E-state index in [1.54, 1.807) is 0 Å². The number of benzene rings is 1. The van der Waals surface area contributed by atoms with Gasteiger partial charge < -0.3 is 14.9 Å². The van der Waals surface area contributed by atoms with E-state index in [1.807, 2.05) is 25.1 Å². The molecule has 1 fully saturated rings. The first-order chi connectivity index (χ1) is 9.58. The summed E-state index contributed by atoms with van der Waals surface area (Å²) in [6.07, 6.45) is 1.53. The Morgan fingerprint density at radius 3 is 3.00 bits per heavy atom. The maximum absolute atomic E-state index is 10.5. The molecule has 1 aromatic carbocycles. The van der Waals surface area contributed by atoms with Crippen molar-refractivity contribution in [2.24, 2.45) is 0 Å². The number of rotatable bonds is 2. The summed E-state index contributed by atoms with van der Waals surface area (Å²) in [6, 6.07) is 5.94. The fraction of sp³-hybridized carbons (Fsp3) is 0.429. The van der Waals surface area contributed by atoms with Crippen LogP contribution in [-0.4, -0.2) is 28.3 Å². The fourth-order valence-electron chi connectivity index (χ4n) is 2.40. The van der Waals surface area contributed by atoms with E-state index < -0.39 is 5.60 Å². The van der Waals surface area contributed by atoms with Crippen LogP contribution in [0.1, 0.15) is 24.3 Å². The van der Waals surface area contributed by atoms with Crippen LogP contribution in [-0.2, 0) is 5.60 Å². The van der Waals surface area contributed by atoms with Gasteiger partial charge in [0.05, 0.1) is 0 Å². The van der Waals surface area contributed by atoms with Crippen LogP contribution in [0.15, 0.2) is 27.2 Å². The number of nitrogens with one attached hydrogen (secondary N) is 1. The van der Waals surface area contributed by atoms with E-state index in [0.717, 1.165) is 28.6 Å². The molecule has 0 spiro atoms. The van der Waals surface area contributed by atoms with Crippen molar-refractivity contribution >= 4 is 15.9 Å². The number of halogens is 1. The summed E-state index contributed by atoms with van der Waals surface area (Å²) < 4.78 is 6.19. The van der Waals surface area contributed by atoms with Crippen molar-refractivity contribution in [3.05, 3.63) is 34.1 Å². The number of hydrogen-bond acceptors (Lipinski definition) is 5. The van der Waals surface area contributed by atoms with E-state index in [2.05, 4.69) is 31.4 Å². The molecule has 106 valence electrons. The average molecular weight is 338 g/mol. The van der Waals surface area contributed by atoms with Crippen molar-refractivity contribution in [2.45, 2.75) is 25.4 Å². The second-order valence-electron chi connectivity index (χ2n) is 5.22. The van der Waals surface area contributed by atoms with E-state index in [9.17, 15) is 5.11 Å². The number of nitrogens with zero attached hydrogens (tertiary/aromatic N) is 2. The molecule has 1 unspecified atom stereocenters. The monoisotopic (exact) mass is 337 g/mol. The minimum absolute atomic E-state index is 0.284. The standard InChI is InChI=1S/C14H16BrN3O2/c1-9-3-4-10(11(15)7-9)12-17-13(20-18-12)14(19)5-2-6-16-8-14/h3-4,7,16,19H,2,5-6,8H2,1H3. The Balaban J connectivity index is 1.93. The zero-order valence-electron chi connectivity index (χ0n) is 11.2. The van der Waals surface area contributed by atoms with Gasteiger partial charge in [0.15, 0.2) is 5.60 Å². The van der Waals surface area contributed by atoms with E-state index in [4.69, 9.17) is 4.52 Å². The molecule has 2 aromatic rings. The maximum Gasteiger partial charge on any atom is 0.260 e. The second-order valence-corrected chi connectivity index (χ2v) is 6.07. The van der Waals surface area contributed by atoms with E-state index in [1.165, 1.54) is 0 Å². The molecule has 1 aliphatic heterocycles. The van der Waals surface area contributed by atoms with Crippen LogP contribution >= 0.6 is 15.9 Å². The van der Waals surface area contributed by atoms with Crippen molar-refractivity contribution < 1.29 is 9.63 Å². The lowest BCUT2D eigenvalue weighted by atomic mass is 9.94. The summed E-state index contributed by atoms with van der Waals surface area (Å²) in [6.45, 7) is 3.38. The van der Waals surface area contributed by atoms with E-state index in [-0.39, 0.29) is 5.89 Å². The Hall–Kier alpha value is -1.24. The summed E-state index contributed by atoms with van der Waals surface area (Å²) in [7, 11) is 0. The Kier molecular flexibility index (Phi) is 3.62. The molecule has 0 radical (unpaired) electrons. The molecule has 2 heterocycles. The van der Waals surface area contributed by atoms with E-state index >= 15 is 0 Å². The number of β-amino-alcohol motifs (C(OH)–C–C–N with tert-alkyl or cyclic N) is 1. The van der Waals surface area contributed by atoms with Crippen LogP contribution < -0.4 is 5.32 Å². The normalized spacial score (nSPS) is 22.9. The van der Waals surface area contributed by atoms with Crippen molar-refractivity contribution in [1.29, 1.82) is 0 Å². The number of piperidine rings is 1. The smallest absolute Gasteiger partial charge is 0.260 e. The Morgan fingerprint density at radius 1 is 1.45 bits per heavy atom. The molecule has 1 aliphatic rings. The lowest BCUT2D eigenvalue weighted by Crippen LogP contribution is -2.43. The van der Waals surface area contributed by atoms with E-state index in [0.29, 0.717) is 18.8 Å². The van der Waals surface area contributed by atoms with Crippen molar-refractivity contribution in [2.75, 3.05) is 13.1 Å². The molecule has 0 amide bonds. The van der Waals surface area contributed by atoms with Crippen molar-refractivity contribution in [1.82, 2.24) is 15.5 Å². The van der Waals surface area contributed by atoms with Crippen molar-refractivity contribution in [3.63, 3.8) is 0 Å². The third kappa shape index (κ3) is 2.51. The summed E-state index contributed by atoms with van der Waals surface area (Å²) in [5.41, 5.74) is 0.957. The largest absolute Gasteiger partial charge is 0.379 e. The van der Waals surface area contributed by atoms with Crippen molar-refractivity contribution in [3.8, 4) is 11.4 Å². The topological polar surface area (TPSA) is 71.2 Å². The number of hydrogen-bond donors (Lipinski definition) is 2. The summed E-state index contributed by atoms with van der Waals surface area (Å²) in [4.78, 5) is 4.37. The van der Waals surface area contributed by atoms with Gasteiger partial charge in [0, 0.05) is 16.6 Å². The summed E-state index contributed by atoms with van der Waals surface area (Å²) in [5.74, 6) is 0.776. The van der Waals surface area contributed by atoms with Gasteiger partial charge in [-0.1, -0.05) is 27.2 Å². The van der Waals surface area contributed by atoms with Gasteiger partial charge in [-0.2, -0.15) is 4.98 Å². The molecule has 0 saturated carbocycles. The van der Waals surface area contributed by atoms with Crippen LogP contribution in [0.25, 0.3) is 11.4 Å². The van der Waals surface area contributed by atoms with Crippen LogP contribution in [0.5, 0.6) is 0 Å². The fourth-order valence-corrected chi connectivity index (χ4v) is 3.07. The SMILES string of the molecule is Cc1ccc(-c2noc(C3(O)CCCNC3)n2)c(Br)c1. The molecule has 2 N–H and O–H groups in total. The summed E-state index contributed by atoms with van der Waals surface area (Å²) >= 11 is 3.51. The number of aryl methyl sites for hydroxylation is 1. The predicted octanol–water partition coefficient (Wildman–Crippen LogP) is 2.38. The van der Waals surface area contributed by atoms with Gasteiger partial charge in [-0.25, -0.2) is 0 Å². The quantitative estimate of drug-likeness (QED) is 0.880. The first kappa shape index (κ1) is 13.7. The van der Waals surface area contributed by atoms with Crippen LogP contribution in [0.2, 0.25) is 0 Å².